The van der Waals surface area contributed by atoms with Gasteiger partial charge in [0, 0.05) is 43.2 Å². The van der Waals surface area contributed by atoms with Gasteiger partial charge >= 0.3 is 0 Å². The number of likely N-dealkylation sites (tertiary alicyclic amines) is 1. The van der Waals surface area contributed by atoms with Crippen LogP contribution in [-0.2, 0) is 18.8 Å². The van der Waals surface area contributed by atoms with E-state index in [2.05, 4.69) is 16.0 Å². The van der Waals surface area contributed by atoms with Crippen molar-refractivity contribution in [3.8, 4) is 5.75 Å². The third kappa shape index (κ3) is 4.81. The van der Waals surface area contributed by atoms with Gasteiger partial charge in [-0.25, -0.2) is 4.39 Å². The van der Waals surface area contributed by atoms with E-state index in [-0.39, 0.29) is 5.82 Å². The molecule has 0 atom stereocenters. The number of aliphatic hydroxyl groups is 1. The van der Waals surface area contributed by atoms with E-state index in [9.17, 15) is 9.50 Å². The van der Waals surface area contributed by atoms with Crippen molar-refractivity contribution in [2.75, 3.05) is 13.1 Å². The average molecular weight is 392 g/mol. The average Bonchev–Trinajstić information content (AvgIpc) is 2.76. The molecule has 0 spiro atoms. The van der Waals surface area contributed by atoms with Gasteiger partial charge in [-0.15, -0.1) is 0 Å². The zero-order valence-corrected chi connectivity index (χ0v) is 16.3. The third-order valence-corrected chi connectivity index (χ3v) is 5.55. The zero-order chi connectivity index (χ0) is 20.1. The molecule has 0 radical (unpaired) electrons. The number of hydrogen-bond acceptors (Lipinski definition) is 4. The topological polar surface area (TPSA) is 45.6 Å². The van der Waals surface area contributed by atoms with Crippen molar-refractivity contribution >= 4 is 0 Å². The number of piperidine rings is 1. The molecule has 0 unspecified atom stereocenters. The molecule has 0 saturated carbocycles. The van der Waals surface area contributed by atoms with Crippen molar-refractivity contribution in [2.45, 2.75) is 31.6 Å². The largest absolute Gasteiger partial charge is 0.489 e. The summed E-state index contributed by atoms with van der Waals surface area (Å²) in [5.41, 5.74) is 2.06. The Hall–Kier alpha value is -2.76. The monoisotopic (exact) mass is 392 g/mol. The van der Waals surface area contributed by atoms with E-state index in [1.165, 1.54) is 12.1 Å². The van der Waals surface area contributed by atoms with Crippen LogP contribution in [0.15, 0.2) is 73.1 Å². The van der Waals surface area contributed by atoms with E-state index >= 15 is 0 Å². The Morgan fingerprint density at radius 2 is 1.76 bits per heavy atom. The highest BCUT2D eigenvalue weighted by Crippen LogP contribution is 2.34. The van der Waals surface area contributed by atoms with Crippen LogP contribution in [0.1, 0.15) is 29.5 Å². The standard InChI is InChI=1S/C24H25FN2O2/c25-22-9-7-21(8-10-22)24(28)11-14-27(15-12-24)17-20-5-1-2-6-23(20)29-18-19-4-3-13-26-16-19/h1-10,13,16,28H,11-12,14-15,17-18H2. The number of nitrogens with zero attached hydrogens (tertiary/aromatic N) is 2. The first-order chi connectivity index (χ1) is 14.1. The van der Waals surface area contributed by atoms with E-state index in [0.717, 1.165) is 42.1 Å². The lowest BCUT2D eigenvalue weighted by Gasteiger charge is -2.38. The predicted octanol–water partition coefficient (Wildman–Crippen LogP) is 4.28. The highest BCUT2D eigenvalue weighted by molar-refractivity contribution is 5.33. The molecule has 29 heavy (non-hydrogen) atoms. The van der Waals surface area contributed by atoms with E-state index in [1.54, 1.807) is 18.3 Å². The molecule has 0 bridgehead atoms. The number of benzene rings is 2. The van der Waals surface area contributed by atoms with Crippen molar-refractivity contribution < 1.29 is 14.2 Å². The minimum atomic E-state index is -0.888. The molecule has 1 fully saturated rings. The van der Waals surface area contributed by atoms with Crippen LogP contribution in [-0.4, -0.2) is 28.1 Å². The van der Waals surface area contributed by atoms with Gasteiger partial charge in [0.05, 0.1) is 5.60 Å². The molecule has 0 amide bonds. The van der Waals surface area contributed by atoms with Crippen LogP contribution in [0.4, 0.5) is 4.39 Å². The van der Waals surface area contributed by atoms with E-state index in [4.69, 9.17) is 4.74 Å². The van der Waals surface area contributed by atoms with Gasteiger partial charge in [-0.2, -0.15) is 0 Å². The molecule has 5 heteroatoms. The Morgan fingerprint density at radius 1 is 1.00 bits per heavy atom. The van der Waals surface area contributed by atoms with Gasteiger partial charge < -0.3 is 9.84 Å². The molecule has 1 aliphatic heterocycles. The van der Waals surface area contributed by atoms with Gasteiger partial charge in [-0.3, -0.25) is 9.88 Å². The zero-order valence-electron chi connectivity index (χ0n) is 16.3. The SMILES string of the molecule is OC1(c2ccc(F)cc2)CCN(Cc2ccccc2OCc2cccnc2)CC1. The number of rotatable bonds is 6. The summed E-state index contributed by atoms with van der Waals surface area (Å²) in [6.45, 7) is 2.79. The number of aromatic nitrogens is 1. The van der Waals surface area contributed by atoms with Crippen LogP contribution in [0.3, 0.4) is 0 Å². The summed E-state index contributed by atoms with van der Waals surface area (Å²) in [5.74, 6) is 0.591. The van der Waals surface area contributed by atoms with Gasteiger partial charge in [0.1, 0.15) is 18.2 Å². The molecule has 1 saturated heterocycles. The lowest BCUT2D eigenvalue weighted by atomic mass is 9.84. The summed E-state index contributed by atoms with van der Waals surface area (Å²) in [7, 11) is 0. The first-order valence-corrected chi connectivity index (χ1v) is 9.93. The van der Waals surface area contributed by atoms with E-state index in [0.29, 0.717) is 19.4 Å². The summed E-state index contributed by atoms with van der Waals surface area (Å²) < 4.78 is 19.2. The summed E-state index contributed by atoms with van der Waals surface area (Å²) in [6, 6.07) is 18.2. The lowest BCUT2D eigenvalue weighted by molar-refractivity contribution is -0.0279. The van der Waals surface area contributed by atoms with Crippen molar-refractivity contribution in [3.63, 3.8) is 0 Å². The molecule has 1 N–H and O–H groups in total. The van der Waals surface area contributed by atoms with Crippen LogP contribution < -0.4 is 4.74 Å². The second-order valence-electron chi connectivity index (χ2n) is 7.57. The quantitative estimate of drug-likeness (QED) is 0.680. The second kappa shape index (κ2) is 8.72. The second-order valence-corrected chi connectivity index (χ2v) is 7.57. The molecule has 2 aromatic carbocycles. The van der Waals surface area contributed by atoms with Crippen LogP contribution in [0.5, 0.6) is 5.75 Å². The van der Waals surface area contributed by atoms with Gasteiger partial charge in [0.15, 0.2) is 0 Å². The first-order valence-electron chi connectivity index (χ1n) is 9.93. The minimum absolute atomic E-state index is 0.280. The van der Waals surface area contributed by atoms with Crippen molar-refractivity contribution in [2.24, 2.45) is 0 Å². The molecule has 4 rings (SSSR count). The summed E-state index contributed by atoms with van der Waals surface area (Å²) >= 11 is 0. The normalized spacial score (nSPS) is 16.5. The number of pyridine rings is 1. The van der Waals surface area contributed by atoms with Crippen LogP contribution in [0, 0.1) is 5.82 Å². The minimum Gasteiger partial charge on any atom is -0.489 e. The summed E-state index contributed by atoms with van der Waals surface area (Å²) in [6.07, 6.45) is 4.80. The highest BCUT2D eigenvalue weighted by atomic mass is 19.1. The highest BCUT2D eigenvalue weighted by Gasteiger charge is 2.34. The predicted molar refractivity (Wildman–Crippen MR) is 110 cm³/mol. The maximum absolute atomic E-state index is 13.2. The Bertz CT molecular complexity index is 923. The number of halogens is 1. The fourth-order valence-corrected chi connectivity index (χ4v) is 3.79. The Kier molecular flexibility index (Phi) is 5.88. The fourth-order valence-electron chi connectivity index (χ4n) is 3.79. The number of hydrogen-bond donors (Lipinski definition) is 1. The summed E-state index contributed by atoms with van der Waals surface area (Å²) in [4.78, 5) is 6.45. The maximum atomic E-state index is 13.2. The first kappa shape index (κ1) is 19.6. The molecule has 150 valence electrons. The number of ether oxygens (including phenoxy) is 1. The Balaban J connectivity index is 1.37. The molecule has 3 aromatic rings. The van der Waals surface area contributed by atoms with Crippen LogP contribution in [0.25, 0.3) is 0 Å². The molecule has 4 nitrogen and oxygen atoms in total. The van der Waals surface area contributed by atoms with Crippen molar-refractivity contribution in [3.05, 3.63) is 95.6 Å². The van der Waals surface area contributed by atoms with Gasteiger partial charge in [-0.05, 0) is 42.7 Å². The van der Waals surface area contributed by atoms with E-state index in [1.807, 2.05) is 36.5 Å². The van der Waals surface area contributed by atoms with Crippen LogP contribution in [0.2, 0.25) is 0 Å². The Labute approximate surface area is 170 Å². The maximum Gasteiger partial charge on any atom is 0.124 e. The molecular formula is C24H25FN2O2. The molecule has 2 heterocycles. The van der Waals surface area contributed by atoms with Gasteiger partial charge in [0.2, 0.25) is 0 Å². The van der Waals surface area contributed by atoms with Crippen molar-refractivity contribution in [1.82, 2.24) is 9.88 Å². The van der Waals surface area contributed by atoms with E-state index < -0.39 is 5.60 Å². The molecule has 0 aliphatic carbocycles. The van der Waals surface area contributed by atoms with Gasteiger partial charge in [-0.1, -0.05) is 36.4 Å². The molecule has 1 aromatic heterocycles. The summed E-state index contributed by atoms with van der Waals surface area (Å²) in [5, 5.41) is 11.0. The number of para-hydroxylation sites is 1. The molecular weight excluding hydrogens is 367 g/mol. The van der Waals surface area contributed by atoms with Crippen molar-refractivity contribution in [1.29, 1.82) is 0 Å². The third-order valence-electron chi connectivity index (χ3n) is 5.55. The van der Waals surface area contributed by atoms with Crippen LogP contribution >= 0.6 is 0 Å². The molecule has 1 aliphatic rings. The van der Waals surface area contributed by atoms with Gasteiger partial charge in [0.25, 0.3) is 0 Å². The lowest BCUT2D eigenvalue weighted by Crippen LogP contribution is -2.42. The fraction of sp³-hybridized carbons (Fsp3) is 0.292. The smallest absolute Gasteiger partial charge is 0.124 e. The Morgan fingerprint density at radius 3 is 2.48 bits per heavy atom.